The lowest BCUT2D eigenvalue weighted by Gasteiger charge is -2.21. The van der Waals surface area contributed by atoms with Crippen LogP contribution in [0.15, 0.2) is 53.6 Å². The second-order valence-corrected chi connectivity index (χ2v) is 5.56. The molecular weight excluding hydrogens is 276 g/mol. The van der Waals surface area contributed by atoms with E-state index in [2.05, 4.69) is 11.2 Å². The summed E-state index contributed by atoms with van der Waals surface area (Å²) in [7, 11) is 0. The first-order chi connectivity index (χ1) is 10.6. The first-order valence-corrected chi connectivity index (χ1v) is 7.28. The fourth-order valence-electron chi connectivity index (χ4n) is 2.81. The molecule has 1 unspecified atom stereocenters. The molecule has 0 aromatic heterocycles. The van der Waals surface area contributed by atoms with E-state index in [0.717, 1.165) is 22.4 Å². The van der Waals surface area contributed by atoms with Crippen molar-refractivity contribution >= 4 is 11.6 Å². The average Bonchev–Trinajstić information content (AvgIpc) is 2.93. The monoisotopic (exact) mass is 294 g/mol. The van der Waals surface area contributed by atoms with E-state index in [0.29, 0.717) is 6.42 Å². The van der Waals surface area contributed by atoms with Crippen LogP contribution in [0.5, 0.6) is 5.75 Å². The van der Waals surface area contributed by atoms with E-state index in [9.17, 15) is 9.90 Å². The lowest BCUT2D eigenvalue weighted by atomic mass is 9.97. The largest absolute Gasteiger partial charge is 0.508 e. The molecule has 22 heavy (non-hydrogen) atoms. The quantitative estimate of drug-likeness (QED) is 0.923. The molecule has 3 rings (SSSR count). The van der Waals surface area contributed by atoms with E-state index in [1.165, 1.54) is 11.9 Å². The van der Waals surface area contributed by atoms with Crippen LogP contribution in [0, 0.1) is 6.92 Å². The van der Waals surface area contributed by atoms with Gasteiger partial charge in [0, 0.05) is 18.9 Å². The number of para-hydroxylation sites is 1. The molecule has 0 aliphatic carbocycles. The highest BCUT2D eigenvalue weighted by Crippen LogP contribution is 2.36. The van der Waals surface area contributed by atoms with E-state index < -0.39 is 0 Å². The Kier molecular flexibility index (Phi) is 3.67. The number of amides is 1. The van der Waals surface area contributed by atoms with E-state index in [1.807, 2.05) is 37.3 Å². The summed E-state index contributed by atoms with van der Waals surface area (Å²) in [5.74, 6) is 0.0651. The van der Waals surface area contributed by atoms with Crippen molar-refractivity contribution in [2.75, 3.05) is 0 Å². The number of benzene rings is 2. The van der Waals surface area contributed by atoms with Gasteiger partial charge in [-0.25, -0.2) is 5.01 Å². The minimum atomic E-state index is -0.255. The Morgan fingerprint density at radius 1 is 1.23 bits per heavy atom. The molecule has 1 aliphatic heterocycles. The Balaban J connectivity index is 1.99. The van der Waals surface area contributed by atoms with E-state index in [4.69, 9.17) is 0 Å². The minimum Gasteiger partial charge on any atom is -0.508 e. The van der Waals surface area contributed by atoms with Crippen molar-refractivity contribution in [2.24, 2.45) is 5.10 Å². The Labute approximate surface area is 129 Å². The minimum absolute atomic E-state index is 0.129. The molecular formula is C18H18N2O2. The maximum atomic E-state index is 11.9. The van der Waals surface area contributed by atoms with Gasteiger partial charge < -0.3 is 5.11 Å². The first-order valence-electron chi connectivity index (χ1n) is 7.28. The molecule has 1 atom stereocenters. The molecule has 1 amide bonds. The maximum absolute atomic E-state index is 11.9. The van der Waals surface area contributed by atoms with Crippen LogP contribution in [-0.4, -0.2) is 21.7 Å². The third-order valence-corrected chi connectivity index (χ3v) is 3.88. The zero-order chi connectivity index (χ0) is 15.7. The predicted octanol–water partition coefficient (Wildman–Crippen LogP) is 3.40. The zero-order valence-electron chi connectivity index (χ0n) is 12.7. The summed E-state index contributed by atoms with van der Waals surface area (Å²) >= 11 is 0. The number of hydrogen-bond donors (Lipinski definition) is 1. The summed E-state index contributed by atoms with van der Waals surface area (Å²) in [5, 5.41) is 16.0. The molecule has 0 saturated carbocycles. The van der Waals surface area contributed by atoms with Crippen molar-refractivity contribution < 1.29 is 9.90 Å². The van der Waals surface area contributed by atoms with E-state index in [1.54, 1.807) is 12.1 Å². The van der Waals surface area contributed by atoms with Crippen LogP contribution in [-0.2, 0) is 4.79 Å². The summed E-state index contributed by atoms with van der Waals surface area (Å²) in [6, 6.07) is 14.9. The van der Waals surface area contributed by atoms with Crippen LogP contribution in [0.3, 0.4) is 0 Å². The number of nitrogens with zero attached hydrogens (tertiary/aromatic N) is 2. The van der Waals surface area contributed by atoms with Gasteiger partial charge in [0.1, 0.15) is 5.75 Å². The SMILES string of the molecule is CC(=O)N1N=C(c2cccc(C)c2)CC1c1ccccc1O. The molecule has 2 aromatic rings. The van der Waals surface area contributed by atoms with Gasteiger partial charge in [-0.2, -0.15) is 5.10 Å². The number of carbonyl (C=O) groups excluding carboxylic acids is 1. The molecule has 2 aromatic carbocycles. The molecule has 0 saturated heterocycles. The van der Waals surface area contributed by atoms with E-state index in [-0.39, 0.29) is 17.7 Å². The van der Waals surface area contributed by atoms with Crippen molar-refractivity contribution in [1.29, 1.82) is 0 Å². The smallest absolute Gasteiger partial charge is 0.240 e. The zero-order valence-corrected chi connectivity index (χ0v) is 12.7. The van der Waals surface area contributed by atoms with Gasteiger partial charge in [-0.3, -0.25) is 4.79 Å². The number of carbonyl (C=O) groups is 1. The molecule has 1 heterocycles. The molecule has 1 aliphatic rings. The Bertz CT molecular complexity index is 752. The number of rotatable bonds is 2. The van der Waals surface area contributed by atoms with Crippen LogP contribution in [0.2, 0.25) is 0 Å². The molecule has 0 radical (unpaired) electrons. The molecule has 112 valence electrons. The number of aryl methyl sites for hydroxylation is 1. The van der Waals surface area contributed by atoms with Crippen molar-refractivity contribution in [2.45, 2.75) is 26.3 Å². The highest BCUT2D eigenvalue weighted by Gasteiger charge is 2.32. The molecule has 0 bridgehead atoms. The van der Waals surface area contributed by atoms with Crippen molar-refractivity contribution in [3.63, 3.8) is 0 Å². The summed E-state index contributed by atoms with van der Waals surface area (Å²) < 4.78 is 0. The van der Waals surface area contributed by atoms with Crippen LogP contribution in [0.1, 0.15) is 36.1 Å². The highest BCUT2D eigenvalue weighted by molar-refractivity contribution is 6.03. The van der Waals surface area contributed by atoms with Crippen molar-refractivity contribution in [3.8, 4) is 5.75 Å². The summed E-state index contributed by atoms with van der Waals surface area (Å²) in [5.41, 5.74) is 3.76. The molecule has 0 spiro atoms. The second-order valence-electron chi connectivity index (χ2n) is 5.56. The molecule has 4 heteroatoms. The van der Waals surface area contributed by atoms with E-state index >= 15 is 0 Å². The lowest BCUT2D eigenvalue weighted by molar-refractivity contribution is -0.130. The van der Waals surface area contributed by atoms with Crippen LogP contribution >= 0.6 is 0 Å². The van der Waals surface area contributed by atoms with Gasteiger partial charge in [0.05, 0.1) is 11.8 Å². The van der Waals surface area contributed by atoms with Gasteiger partial charge in [0.25, 0.3) is 0 Å². The maximum Gasteiger partial charge on any atom is 0.240 e. The molecule has 1 N–H and O–H groups in total. The first kappa shape index (κ1) is 14.3. The second kappa shape index (κ2) is 5.64. The van der Waals surface area contributed by atoms with Crippen molar-refractivity contribution in [1.82, 2.24) is 5.01 Å². The summed E-state index contributed by atoms with van der Waals surface area (Å²) in [6.07, 6.45) is 0.598. The number of hydrazone groups is 1. The fraction of sp³-hybridized carbons (Fsp3) is 0.222. The van der Waals surface area contributed by atoms with Gasteiger partial charge in [0.15, 0.2) is 0 Å². The third kappa shape index (κ3) is 2.60. The van der Waals surface area contributed by atoms with Gasteiger partial charge in [0.2, 0.25) is 5.91 Å². The lowest BCUT2D eigenvalue weighted by Crippen LogP contribution is -2.24. The van der Waals surface area contributed by atoms with Gasteiger partial charge in [-0.1, -0.05) is 48.0 Å². The average molecular weight is 294 g/mol. The standard InChI is InChI=1S/C18H18N2O2/c1-12-6-5-7-14(10-12)16-11-17(20(19-16)13(2)21)15-8-3-4-9-18(15)22/h3-10,17,22H,11H2,1-2H3. The highest BCUT2D eigenvalue weighted by atomic mass is 16.3. The number of phenols is 1. The van der Waals surface area contributed by atoms with Crippen molar-refractivity contribution in [3.05, 3.63) is 65.2 Å². The Morgan fingerprint density at radius 2 is 2.00 bits per heavy atom. The Hall–Kier alpha value is -2.62. The summed E-state index contributed by atoms with van der Waals surface area (Å²) in [6.45, 7) is 3.53. The van der Waals surface area contributed by atoms with Crippen LogP contribution in [0.4, 0.5) is 0 Å². The number of aromatic hydroxyl groups is 1. The Morgan fingerprint density at radius 3 is 2.68 bits per heavy atom. The normalized spacial score (nSPS) is 17.5. The molecule has 4 nitrogen and oxygen atoms in total. The van der Waals surface area contributed by atoms with Gasteiger partial charge >= 0.3 is 0 Å². The van der Waals surface area contributed by atoms with Gasteiger partial charge in [-0.15, -0.1) is 0 Å². The number of hydrogen-bond acceptors (Lipinski definition) is 3. The third-order valence-electron chi connectivity index (χ3n) is 3.88. The van der Waals surface area contributed by atoms with Gasteiger partial charge in [-0.05, 0) is 18.6 Å². The van der Waals surface area contributed by atoms with Crippen LogP contribution in [0.25, 0.3) is 0 Å². The topological polar surface area (TPSA) is 52.9 Å². The number of phenolic OH excluding ortho intramolecular Hbond substituents is 1. The molecule has 0 fully saturated rings. The van der Waals surface area contributed by atoms with Crippen LogP contribution < -0.4 is 0 Å². The predicted molar refractivity (Wildman–Crippen MR) is 85.7 cm³/mol. The fourth-order valence-corrected chi connectivity index (χ4v) is 2.81. The summed E-state index contributed by atoms with van der Waals surface area (Å²) in [4.78, 5) is 11.9.